The van der Waals surface area contributed by atoms with Crippen LogP contribution < -0.4 is 16.2 Å². The Hall–Kier alpha value is -3.88. The summed E-state index contributed by atoms with van der Waals surface area (Å²) in [5.74, 6) is -2.31. The first kappa shape index (κ1) is 18.9. The first-order valence-electron chi connectivity index (χ1n) is 8.14. The molecule has 0 radical (unpaired) electrons. The highest BCUT2D eigenvalue weighted by Gasteiger charge is 2.13. The zero-order chi connectivity index (χ0) is 20.1. The number of benzene rings is 1. The molecule has 1 aromatic carbocycles. The van der Waals surface area contributed by atoms with Crippen molar-refractivity contribution >= 4 is 17.6 Å². The summed E-state index contributed by atoms with van der Waals surface area (Å²) in [7, 11) is 0. The topological polar surface area (TPSA) is 96.0 Å². The van der Waals surface area contributed by atoms with Gasteiger partial charge in [-0.3, -0.25) is 20.2 Å². The third-order valence-electron chi connectivity index (χ3n) is 3.76. The molecule has 0 fully saturated rings. The molecule has 0 bridgehead atoms. The molecule has 0 saturated heterocycles. The Morgan fingerprint density at radius 2 is 1.86 bits per heavy atom. The van der Waals surface area contributed by atoms with Crippen LogP contribution in [0.4, 0.5) is 19.3 Å². The minimum Gasteiger partial charge on any atom is -0.304 e. The van der Waals surface area contributed by atoms with Gasteiger partial charge in [0.25, 0.3) is 5.91 Å². The fraction of sp³-hybridized carbons (Fsp3) is 0.0526. The van der Waals surface area contributed by atoms with Crippen molar-refractivity contribution in [1.82, 2.24) is 20.8 Å². The molecular formula is C19H15F2N5O2. The summed E-state index contributed by atoms with van der Waals surface area (Å²) in [6, 6.07) is 8.65. The van der Waals surface area contributed by atoms with Crippen LogP contribution in [0.2, 0.25) is 0 Å². The lowest BCUT2D eigenvalue weighted by atomic mass is 10.1. The third kappa shape index (κ3) is 4.44. The van der Waals surface area contributed by atoms with Crippen LogP contribution in [0.5, 0.6) is 0 Å². The lowest BCUT2D eigenvalue weighted by molar-refractivity contribution is 0.0937. The average molecular weight is 383 g/mol. The van der Waals surface area contributed by atoms with Crippen LogP contribution in [0, 0.1) is 18.6 Å². The summed E-state index contributed by atoms with van der Waals surface area (Å²) in [6.07, 6.45) is 3.30. The van der Waals surface area contributed by atoms with Crippen LogP contribution >= 0.6 is 0 Å². The number of nitrogens with one attached hydrogen (secondary N) is 3. The minimum atomic E-state index is -0.937. The van der Waals surface area contributed by atoms with Gasteiger partial charge in [-0.2, -0.15) is 0 Å². The molecule has 7 nitrogen and oxygen atoms in total. The van der Waals surface area contributed by atoms with Crippen LogP contribution in [0.1, 0.15) is 16.1 Å². The molecule has 3 amide bonds. The summed E-state index contributed by atoms with van der Waals surface area (Å²) in [6.45, 7) is 1.66. The van der Waals surface area contributed by atoms with Gasteiger partial charge in [0.15, 0.2) is 0 Å². The molecule has 28 heavy (non-hydrogen) atoms. The Morgan fingerprint density at radius 3 is 2.54 bits per heavy atom. The first-order chi connectivity index (χ1) is 13.4. The van der Waals surface area contributed by atoms with Gasteiger partial charge < -0.3 is 5.32 Å². The van der Waals surface area contributed by atoms with Gasteiger partial charge in [0.05, 0.1) is 22.6 Å². The van der Waals surface area contributed by atoms with Crippen LogP contribution in [-0.4, -0.2) is 21.9 Å². The zero-order valence-corrected chi connectivity index (χ0v) is 14.7. The molecule has 0 saturated carbocycles. The molecule has 0 atom stereocenters. The second-order valence-electron chi connectivity index (χ2n) is 5.73. The quantitative estimate of drug-likeness (QED) is 0.605. The van der Waals surface area contributed by atoms with Gasteiger partial charge in [-0.25, -0.2) is 19.0 Å². The second-order valence-corrected chi connectivity index (χ2v) is 5.73. The normalized spacial score (nSPS) is 10.2. The van der Waals surface area contributed by atoms with E-state index in [-0.39, 0.29) is 11.3 Å². The van der Waals surface area contributed by atoms with Crippen molar-refractivity contribution in [2.75, 3.05) is 5.32 Å². The molecule has 0 aliphatic carbocycles. The van der Waals surface area contributed by atoms with Crippen LogP contribution in [0.15, 0.2) is 54.9 Å². The minimum absolute atomic E-state index is 0.230. The van der Waals surface area contributed by atoms with E-state index < -0.39 is 23.6 Å². The predicted molar refractivity (Wildman–Crippen MR) is 98.2 cm³/mol. The maximum Gasteiger partial charge on any atom is 0.338 e. The maximum absolute atomic E-state index is 13.5. The number of halogens is 2. The molecule has 0 unspecified atom stereocenters. The molecule has 3 rings (SSSR count). The van der Waals surface area contributed by atoms with Gasteiger partial charge in [-0.05, 0) is 43.3 Å². The number of nitrogens with zero attached hydrogens (tertiary/aromatic N) is 2. The molecular weight excluding hydrogens is 368 g/mol. The summed E-state index contributed by atoms with van der Waals surface area (Å²) in [4.78, 5) is 32.4. The van der Waals surface area contributed by atoms with Crippen LogP contribution in [-0.2, 0) is 0 Å². The highest BCUT2D eigenvalue weighted by Crippen LogP contribution is 2.18. The molecule has 0 aliphatic heterocycles. The number of carbonyl (C=O) groups is 2. The van der Waals surface area contributed by atoms with E-state index in [1.165, 1.54) is 0 Å². The third-order valence-corrected chi connectivity index (χ3v) is 3.76. The Kier molecular flexibility index (Phi) is 5.54. The van der Waals surface area contributed by atoms with E-state index in [4.69, 9.17) is 0 Å². The van der Waals surface area contributed by atoms with Gasteiger partial charge >= 0.3 is 6.03 Å². The van der Waals surface area contributed by atoms with Crippen molar-refractivity contribution in [2.45, 2.75) is 6.92 Å². The Bertz CT molecular complexity index is 1030. The van der Waals surface area contributed by atoms with Gasteiger partial charge in [0.1, 0.15) is 11.6 Å². The molecule has 3 N–H and O–H groups in total. The number of amides is 3. The Morgan fingerprint density at radius 1 is 1.04 bits per heavy atom. The summed E-state index contributed by atoms with van der Waals surface area (Å²) in [5, 5.41) is 2.16. The van der Waals surface area contributed by atoms with Crippen molar-refractivity contribution in [1.29, 1.82) is 0 Å². The highest BCUT2D eigenvalue weighted by molar-refractivity contribution is 5.98. The number of hydrogen-bond acceptors (Lipinski definition) is 4. The lowest BCUT2D eigenvalue weighted by Crippen LogP contribution is -2.44. The highest BCUT2D eigenvalue weighted by atomic mass is 19.1. The van der Waals surface area contributed by atoms with Crippen molar-refractivity contribution < 1.29 is 18.4 Å². The smallest absolute Gasteiger partial charge is 0.304 e. The molecule has 0 aliphatic rings. The number of anilines is 1. The maximum atomic E-state index is 13.5. The van der Waals surface area contributed by atoms with E-state index in [0.29, 0.717) is 17.5 Å². The molecule has 9 heteroatoms. The summed E-state index contributed by atoms with van der Waals surface area (Å²) >= 11 is 0. The average Bonchev–Trinajstić information content (AvgIpc) is 2.69. The molecule has 142 valence electrons. The Labute approximate surface area is 158 Å². The van der Waals surface area contributed by atoms with Gasteiger partial charge in [0.2, 0.25) is 0 Å². The lowest BCUT2D eigenvalue weighted by Gasteiger charge is -2.11. The van der Waals surface area contributed by atoms with E-state index in [9.17, 15) is 18.4 Å². The Balaban J connectivity index is 1.62. The first-order valence-corrected chi connectivity index (χ1v) is 8.14. The molecule has 2 heterocycles. The molecule has 2 aromatic heterocycles. The number of hydrazine groups is 1. The summed E-state index contributed by atoms with van der Waals surface area (Å²) < 4.78 is 26.4. The zero-order valence-electron chi connectivity index (χ0n) is 14.7. The number of rotatable bonds is 3. The van der Waals surface area contributed by atoms with Crippen LogP contribution in [0.3, 0.4) is 0 Å². The van der Waals surface area contributed by atoms with E-state index in [2.05, 4.69) is 26.1 Å². The largest absolute Gasteiger partial charge is 0.338 e. The number of aryl methyl sites for hydroxylation is 1. The number of aromatic nitrogens is 2. The van der Waals surface area contributed by atoms with Gasteiger partial charge in [-0.15, -0.1) is 0 Å². The van der Waals surface area contributed by atoms with Crippen molar-refractivity contribution in [3.8, 4) is 11.3 Å². The monoisotopic (exact) mass is 383 g/mol. The number of pyridine rings is 2. The molecule has 0 spiro atoms. The van der Waals surface area contributed by atoms with Gasteiger partial charge in [-0.1, -0.05) is 0 Å². The number of urea groups is 1. The van der Waals surface area contributed by atoms with Gasteiger partial charge in [0, 0.05) is 24.0 Å². The van der Waals surface area contributed by atoms with E-state index >= 15 is 0 Å². The van der Waals surface area contributed by atoms with Crippen molar-refractivity contribution in [2.24, 2.45) is 0 Å². The van der Waals surface area contributed by atoms with Crippen LogP contribution in [0.25, 0.3) is 11.3 Å². The predicted octanol–water partition coefficient (Wildman–Crippen LogP) is 3.20. The van der Waals surface area contributed by atoms with E-state index in [1.54, 1.807) is 37.5 Å². The second kappa shape index (κ2) is 8.21. The number of carbonyl (C=O) groups excluding carboxylic acids is 2. The van der Waals surface area contributed by atoms with Crippen molar-refractivity contribution in [3.63, 3.8) is 0 Å². The molecule has 3 aromatic rings. The van der Waals surface area contributed by atoms with E-state index in [0.717, 1.165) is 17.7 Å². The fourth-order valence-electron chi connectivity index (χ4n) is 2.40. The summed E-state index contributed by atoms with van der Waals surface area (Å²) in [5.41, 5.74) is 6.22. The fourth-order valence-corrected chi connectivity index (χ4v) is 2.40. The number of hydrogen-bond donors (Lipinski definition) is 3. The van der Waals surface area contributed by atoms with E-state index in [1.807, 2.05) is 6.07 Å². The standard InChI is InChI=1S/C19H15F2N5O2/c1-11-14(5-7-16(23-11)12-3-2-8-22-10-12)18(27)25-26-19(28)24-17-6-4-13(20)9-15(17)21/h2-10H,1H3,(H,25,27)(H2,24,26,28). The SMILES string of the molecule is Cc1nc(-c2cccnc2)ccc1C(=O)NNC(=O)Nc1ccc(F)cc1F. The van der Waals surface area contributed by atoms with Crippen molar-refractivity contribution in [3.05, 3.63) is 77.8 Å².